The SMILES string of the molecule is COc1c(Br)cc(C(=O)NC2CC2(C)C)cc1S(=O)(=O)Cl. The highest BCUT2D eigenvalue weighted by Crippen LogP contribution is 2.44. The first-order chi connectivity index (χ1) is 9.56. The molecule has 1 aromatic rings. The molecular weight excluding hydrogens is 382 g/mol. The number of hydrogen-bond donors (Lipinski definition) is 1. The fourth-order valence-corrected chi connectivity index (χ4v) is 3.81. The lowest BCUT2D eigenvalue weighted by atomic mass is 10.1. The Hall–Kier alpha value is -0.790. The predicted molar refractivity (Wildman–Crippen MR) is 83.4 cm³/mol. The van der Waals surface area contributed by atoms with Crippen molar-refractivity contribution in [1.82, 2.24) is 5.32 Å². The van der Waals surface area contributed by atoms with Crippen LogP contribution < -0.4 is 10.1 Å². The highest BCUT2D eigenvalue weighted by atomic mass is 79.9. The summed E-state index contributed by atoms with van der Waals surface area (Å²) in [4.78, 5) is 12.0. The van der Waals surface area contributed by atoms with Crippen molar-refractivity contribution in [2.24, 2.45) is 5.41 Å². The number of carbonyl (C=O) groups is 1. The molecule has 1 N–H and O–H groups in total. The van der Waals surface area contributed by atoms with E-state index < -0.39 is 9.05 Å². The van der Waals surface area contributed by atoms with Gasteiger partial charge in [0, 0.05) is 22.3 Å². The smallest absolute Gasteiger partial charge is 0.265 e. The fourth-order valence-electron chi connectivity index (χ4n) is 2.03. The molecule has 1 aliphatic rings. The summed E-state index contributed by atoms with van der Waals surface area (Å²) in [5.74, 6) is -0.260. The molecule has 0 bridgehead atoms. The molecule has 0 spiro atoms. The van der Waals surface area contributed by atoms with Crippen LogP contribution in [0.3, 0.4) is 0 Å². The fraction of sp³-hybridized carbons (Fsp3) is 0.462. The Morgan fingerprint density at radius 3 is 2.48 bits per heavy atom. The van der Waals surface area contributed by atoms with Gasteiger partial charge in [-0.3, -0.25) is 4.79 Å². The Bertz CT molecular complexity index is 702. The zero-order valence-electron chi connectivity index (χ0n) is 11.7. The number of hydrogen-bond acceptors (Lipinski definition) is 4. The van der Waals surface area contributed by atoms with E-state index in [2.05, 4.69) is 35.1 Å². The molecule has 8 heteroatoms. The Labute approximate surface area is 136 Å². The number of rotatable bonds is 4. The molecule has 1 unspecified atom stereocenters. The molecular formula is C13H15BrClNO4S. The molecule has 1 atom stereocenters. The van der Waals surface area contributed by atoms with Crippen LogP contribution in [0.5, 0.6) is 5.75 Å². The van der Waals surface area contributed by atoms with E-state index in [4.69, 9.17) is 15.4 Å². The van der Waals surface area contributed by atoms with Crippen molar-refractivity contribution in [3.63, 3.8) is 0 Å². The van der Waals surface area contributed by atoms with Crippen LogP contribution in [0.4, 0.5) is 0 Å². The largest absolute Gasteiger partial charge is 0.494 e. The van der Waals surface area contributed by atoms with Gasteiger partial charge in [0.1, 0.15) is 4.90 Å². The summed E-state index contributed by atoms with van der Waals surface area (Å²) in [7, 11) is 2.70. The van der Waals surface area contributed by atoms with Crippen molar-refractivity contribution in [2.45, 2.75) is 31.2 Å². The Morgan fingerprint density at radius 1 is 1.48 bits per heavy atom. The van der Waals surface area contributed by atoms with Gasteiger partial charge >= 0.3 is 0 Å². The molecule has 2 rings (SSSR count). The third kappa shape index (κ3) is 3.52. The maximum absolute atomic E-state index is 12.2. The zero-order chi connectivity index (χ0) is 16.0. The van der Waals surface area contributed by atoms with Crippen molar-refractivity contribution >= 4 is 41.6 Å². The van der Waals surface area contributed by atoms with Crippen molar-refractivity contribution in [3.05, 3.63) is 22.2 Å². The number of halogens is 2. The van der Waals surface area contributed by atoms with Crippen molar-refractivity contribution in [2.75, 3.05) is 7.11 Å². The van der Waals surface area contributed by atoms with Gasteiger partial charge in [-0.15, -0.1) is 0 Å². The first-order valence-electron chi connectivity index (χ1n) is 6.19. The minimum Gasteiger partial charge on any atom is -0.494 e. The summed E-state index contributed by atoms with van der Waals surface area (Å²) in [6.45, 7) is 4.10. The maximum Gasteiger partial charge on any atom is 0.265 e. The lowest BCUT2D eigenvalue weighted by molar-refractivity contribution is 0.0946. The molecule has 5 nitrogen and oxygen atoms in total. The van der Waals surface area contributed by atoms with Gasteiger partial charge in [-0.2, -0.15) is 0 Å². The molecule has 1 saturated carbocycles. The van der Waals surface area contributed by atoms with Crippen LogP contribution in [0.1, 0.15) is 30.6 Å². The second-order valence-electron chi connectivity index (χ2n) is 5.65. The van der Waals surface area contributed by atoms with Crippen molar-refractivity contribution in [1.29, 1.82) is 0 Å². The van der Waals surface area contributed by atoms with Gasteiger partial charge in [0.15, 0.2) is 5.75 Å². The number of carbonyl (C=O) groups excluding carboxylic acids is 1. The minimum atomic E-state index is -4.02. The number of ether oxygens (including phenoxy) is 1. The molecule has 1 aliphatic carbocycles. The van der Waals surface area contributed by atoms with Gasteiger partial charge in [0.25, 0.3) is 15.0 Å². The number of amides is 1. The lowest BCUT2D eigenvalue weighted by Gasteiger charge is -2.12. The van der Waals surface area contributed by atoms with Crippen LogP contribution >= 0.6 is 26.6 Å². The standard InChI is InChI=1S/C13H15BrClNO4S/c1-13(2)6-10(13)16-12(17)7-4-8(14)11(20-3)9(5-7)21(15,18)19/h4-5,10H,6H2,1-3H3,(H,16,17). The summed E-state index contributed by atoms with van der Waals surface area (Å²) in [6, 6.07) is 2.83. The van der Waals surface area contributed by atoms with Crippen LogP contribution in [0.2, 0.25) is 0 Å². The third-order valence-corrected chi connectivity index (χ3v) is 5.47. The molecule has 1 fully saturated rings. The first kappa shape index (κ1) is 16.6. The first-order valence-corrected chi connectivity index (χ1v) is 9.29. The number of nitrogens with one attached hydrogen (secondary N) is 1. The molecule has 0 saturated heterocycles. The van der Waals surface area contributed by atoms with E-state index in [-0.39, 0.29) is 33.6 Å². The average Bonchev–Trinajstić information content (AvgIpc) is 2.94. The average molecular weight is 397 g/mol. The van der Waals surface area contributed by atoms with E-state index in [1.807, 2.05) is 0 Å². The van der Waals surface area contributed by atoms with Crippen LogP contribution in [-0.2, 0) is 9.05 Å². The van der Waals surface area contributed by atoms with E-state index in [1.54, 1.807) is 0 Å². The lowest BCUT2D eigenvalue weighted by Crippen LogP contribution is -2.28. The second-order valence-corrected chi connectivity index (χ2v) is 9.03. The Kier molecular flexibility index (Phi) is 4.30. The quantitative estimate of drug-likeness (QED) is 0.794. The van der Waals surface area contributed by atoms with Gasteiger partial charge in [0.05, 0.1) is 11.6 Å². The maximum atomic E-state index is 12.2. The summed E-state index contributed by atoms with van der Waals surface area (Å²) < 4.78 is 28.6. The summed E-state index contributed by atoms with van der Waals surface area (Å²) in [6.07, 6.45) is 0.900. The topological polar surface area (TPSA) is 72.5 Å². The second kappa shape index (κ2) is 5.44. The van der Waals surface area contributed by atoms with E-state index >= 15 is 0 Å². The van der Waals surface area contributed by atoms with Crippen LogP contribution in [0, 0.1) is 5.41 Å². The molecule has 21 heavy (non-hydrogen) atoms. The van der Waals surface area contributed by atoms with E-state index in [0.29, 0.717) is 4.47 Å². The van der Waals surface area contributed by atoms with Gasteiger partial charge in [-0.1, -0.05) is 13.8 Å². The highest BCUT2D eigenvalue weighted by molar-refractivity contribution is 9.10. The molecule has 0 aromatic heterocycles. The van der Waals surface area contributed by atoms with Gasteiger partial charge < -0.3 is 10.1 Å². The predicted octanol–water partition coefficient (Wildman–Crippen LogP) is 2.91. The van der Waals surface area contributed by atoms with Crippen LogP contribution in [0.25, 0.3) is 0 Å². The molecule has 1 aromatic carbocycles. The molecule has 0 radical (unpaired) electrons. The van der Waals surface area contributed by atoms with Crippen molar-refractivity contribution in [3.8, 4) is 5.75 Å². The van der Waals surface area contributed by atoms with Gasteiger partial charge in [-0.25, -0.2) is 8.42 Å². The van der Waals surface area contributed by atoms with E-state index in [0.717, 1.165) is 6.42 Å². The highest BCUT2D eigenvalue weighted by Gasteiger charge is 2.46. The zero-order valence-corrected chi connectivity index (χ0v) is 14.9. The van der Waals surface area contributed by atoms with Crippen LogP contribution in [-0.4, -0.2) is 27.5 Å². The number of methoxy groups -OCH3 is 1. The molecule has 0 aliphatic heterocycles. The summed E-state index contributed by atoms with van der Waals surface area (Å²) >= 11 is 3.20. The monoisotopic (exact) mass is 395 g/mol. The van der Waals surface area contributed by atoms with Gasteiger partial charge in [0.2, 0.25) is 0 Å². The molecule has 116 valence electrons. The molecule has 1 amide bonds. The third-order valence-electron chi connectivity index (χ3n) is 3.56. The normalized spacial score (nSPS) is 20.0. The van der Waals surface area contributed by atoms with Gasteiger partial charge in [-0.05, 0) is 39.9 Å². The van der Waals surface area contributed by atoms with Crippen LogP contribution in [0.15, 0.2) is 21.5 Å². The minimum absolute atomic E-state index is 0.0771. The Balaban J connectivity index is 2.37. The van der Waals surface area contributed by atoms with E-state index in [1.165, 1.54) is 19.2 Å². The summed E-state index contributed by atoms with van der Waals surface area (Å²) in [5.41, 5.74) is 0.297. The Morgan fingerprint density at radius 2 is 2.05 bits per heavy atom. The van der Waals surface area contributed by atoms with E-state index in [9.17, 15) is 13.2 Å². The summed E-state index contributed by atoms with van der Waals surface area (Å²) in [5, 5.41) is 2.87. The number of benzene rings is 1. The van der Waals surface area contributed by atoms with Crippen molar-refractivity contribution < 1.29 is 17.9 Å². The molecule has 0 heterocycles.